The Morgan fingerprint density at radius 2 is 1.39 bits per heavy atom. The molecule has 0 amide bonds. The van der Waals surface area contributed by atoms with Crippen molar-refractivity contribution in [3.8, 4) is 0 Å². The predicted molar refractivity (Wildman–Crippen MR) is 90.9 cm³/mol. The number of rotatable bonds is 9. The van der Waals surface area contributed by atoms with E-state index in [-0.39, 0.29) is 25.2 Å². The minimum Gasteiger partial charge on any atom is -0.396 e. The third kappa shape index (κ3) is 5.15. The normalized spacial score (nSPS) is 15.1. The molecule has 2 aromatic rings. The Morgan fingerprint density at radius 1 is 0.826 bits per heavy atom. The summed E-state index contributed by atoms with van der Waals surface area (Å²) in [6.07, 6.45) is -0.154. The standard InChI is InChI=1S/C19H25NO3/c21-12-11-15(14-22)13-20-18(16-7-3-1-4-8-16)19(23)17-9-5-2-6-10-17/h1-10,15,18-23H,11-14H2. The van der Waals surface area contributed by atoms with Gasteiger partial charge in [-0.1, -0.05) is 60.7 Å². The summed E-state index contributed by atoms with van der Waals surface area (Å²) in [5.74, 6) is -0.0332. The molecule has 0 saturated carbocycles. The lowest BCUT2D eigenvalue weighted by atomic mass is 9.95. The van der Waals surface area contributed by atoms with Crippen LogP contribution in [0.15, 0.2) is 60.7 Å². The van der Waals surface area contributed by atoms with Crippen molar-refractivity contribution >= 4 is 0 Å². The van der Waals surface area contributed by atoms with Crippen molar-refractivity contribution < 1.29 is 15.3 Å². The van der Waals surface area contributed by atoms with E-state index in [1.165, 1.54) is 0 Å². The lowest BCUT2D eigenvalue weighted by Gasteiger charge is -2.27. The van der Waals surface area contributed by atoms with Gasteiger partial charge in [0, 0.05) is 19.8 Å². The Balaban J connectivity index is 2.15. The van der Waals surface area contributed by atoms with Gasteiger partial charge in [0.05, 0.1) is 12.1 Å². The summed E-state index contributed by atoms with van der Waals surface area (Å²) >= 11 is 0. The number of aliphatic hydroxyl groups excluding tert-OH is 3. The van der Waals surface area contributed by atoms with Crippen LogP contribution < -0.4 is 5.32 Å². The first-order chi connectivity index (χ1) is 11.3. The van der Waals surface area contributed by atoms with Crippen molar-refractivity contribution in [3.05, 3.63) is 71.8 Å². The zero-order valence-electron chi connectivity index (χ0n) is 13.2. The van der Waals surface area contributed by atoms with Crippen LogP contribution in [-0.4, -0.2) is 35.1 Å². The van der Waals surface area contributed by atoms with Crippen LogP contribution in [0.1, 0.15) is 29.7 Å². The number of nitrogens with one attached hydrogen (secondary N) is 1. The molecule has 0 saturated heterocycles. The average Bonchev–Trinajstić information content (AvgIpc) is 2.62. The van der Waals surface area contributed by atoms with Crippen molar-refractivity contribution in [2.75, 3.05) is 19.8 Å². The number of benzene rings is 2. The van der Waals surface area contributed by atoms with Gasteiger partial charge in [-0.2, -0.15) is 0 Å². The first kappa shape index (κ1) is 17.6. The van der Waals surface area contributed by atoms with E-state index in [2.05, 4.69) is 5.32 Å². The number of hydrogen-bond donors (Lipinski definition) is 4. The molecule has 4 nitrogen and oxygen atoms in total. The van der Waals surface area contributed by atoms with E-state index < -0.39 is 6.10 Å². The van der Waals surface area contributed by atoms with Gasteiger partial charge in [0.25, 0.3) is 0 Å². The Morgan fingerprint density at radius 3 is 1.91 bits per heavy atom. The van der Waals surface area contributed by atoms with Crippen LogP contribution in [0, 0.1) is 5.92 Å². The summed E-state index contributed by atoms with van der Waals surface area (Å²) in [7, 11) is 0. The van der Waals surface area contributed by atoms with Gasteiger partial charge in [0.1, 0.15) is 0 Å². The van der Waals surface area contributed by atoms with Crippen molar-refractivity contribution in [3.63, 3.8) is 0 Å². The van der Waals surface area contributed by atoms with Gasteiger partial charge in [-0.3, -0.25) is 0 Å². The van der Waals surface area contributed by atoms with Crippen LogP contribution in [0.25, 0.3) is 0 Å². The second-order valence-corrected chi connectivity index (χ2v) is 5.71. The molecule has 0 aliphatic heterocycles. The molecule has 0 aliphatic carbocycles. The molecule has 0 fully saturated rings. The predicted octanol–water partition coefficient (Wildman–Crippen LogP) is 2.04. The van der Waals surface area contributed by atoms with E-state index in [0.29, 0.717) is 13.0 Å². The van der Waals surface area contributed by atoms with E-state index in [1.54, 1.807) is 0 Å². The molecule has 0 radical (unpaired) electrons. The van der Waals surface area contributed by atoms with E-state index in [4.69, 9.17) is 5.11 Å². The van der Waals surface area contributed by atoms with Gasteiger partial charge in [-0.05, 0) is 23.5 Å². The maximum Gasteiger partial charge on any atom is 0.0984 e. The quantitative estimate of drug-likeness (QED) is 0.571. The lowest BCUT2D eigenvalue weighted by molar-refractivity contribution is 0.117. The van der Waals surface area contributed by atoms with Crippen LogP contribution in [-0.2, 0) is 0 Å². The molecular weight excluding hydrogens is 290 g/mol. The molecule has 0 spiro atoms. The largest absolute Gasteiger partial charge is 0.396 e. The summed E-state index contributed by atoms with van der Waals surface area (Å²) in [5.41, 5.74) is 1.83. The van der Waals surface area contributed by atoms with Gasteiger partial charge in [-0.25, -0.2) is 0 Å². The molecule has 23 heavy (non-hydrogen) atoms. The van der Waals surface area contributed by atoms with Crippen LogP contribution in [0.2, 0.25) is 0 Å². The average molecular weight is 315 g/mol. The number of hydrogen-bond acceptors (Lipinski definition) is 4. The van der Waals surface area contributed by atoms with Crippen molar-refractivity contribution in [2.45, 2.75) is 18.6 Å². The third-order valence-electron chi connectivity index (χ3n) is 4.04. The monoisotopic (exact) mass is 315 g/mol. The lowest BCUT2D eigenvalue weighted by Crippen LogP contribution is -2.33. The Bertz CT molecular complexity index is 547. The molecule has 4 N–H and O–H groups in total. The molecule has 0 bridgehead atoms. The summed E-state index contributed by atoms with van der Waals surface area (Å²) in [5, 5.41) is 32.6. The molecule has 2 rings (SSSR count). The first-order valence-corrected chi connectivity index (χ1v) is 7.99. The fourth-order valence-electron chi connectivity index (χ4n) is 2.65. The van der Waals surface area contributed by atoms with Crippen LogP contribution in [0.3, 0.4) is 0 Å². The van der Waals surface area contributed by atoms with Gasteiger partial charge in [-0.15, -0.1) is 0 Å². The van der Waals surface area contributed by atoms with Crippen LogP contribution >= 0.6 is 0 Å². The maximum atomic E-state index is 10.8. The third-order valence-corrected chi connectivity index (χ3v) is 4.04. The zero-order valence-corrected chi connectivity index (χ0v) is 13.2. The fourth-order valence-corrected chi connectivity index (χ4v) is 2.65. The second-order valence-electron chi connectivity index (χ2n) is 5.71. The zero-order chi connectivity index (χ0) is 16.5. The molecule has 0 aromatic heterocycles. The van der Waals surface area contributed by atoms with Gasteiger partial charge in [0.15, 0.2) is 0 Å². The van der Waals surface area contributed by atoms with Crippen LogP contribution in [0.5, 0.6) is 0 Å². The summed E-state index contributed by atoms with van der Waals surface area (Å²) in [4.78, 5) is 0. The highest BCUT2D eigenvalue weighted by Crippen LogP contribution is 2.28. The summed E-state index contributed by atoms with van der Waals surface area (Å²) in [6, 6.07) is 19.0. The minimum absolute atomic E-state index is 0.0104. The summed E-state index contributed by atoms with van der Waals surface area (Å²) in [6.45, 7) is 0.584. The molecule has 0 aliphatic rings. The molecule has 0 heterocycles. The Kier molecular flexibility index (Phi) is 7.23. The van der Waals surface area contributed by atoms with Crippen molar-refractivity contribution in [2.24, 2.45) is 5.92 Å². The highest BCUT2D eigenvalue weighted by atomic mass is 16.3. The van der Waals surface area contributed by atoms with Crippen molar-refractivity contribution in [1.29, 1.82) is 0 Å². The number of aliphatic hydroxyl groups is 3. The van der Waals surface area contributed by atoms with Gasteiger partial charge >= 0.3 is 0 Å². The smallest absolute Gasteiger partial charge is 0.0984 e. The Hall–Kier alpha value is -1.72. The molecule has 4 heteroatoms. The molecular formula is C19H25NO3. The molecule has 2 aromatic carbocycles. The molecule has 3 unspecified atom stereocenters. The highest BCUT2D eigenvalue weighted by molar-refractivity contribution is 5.26. The van der Waals surface area contributed by atoms with E-state index >= 15 is 0 Å². The molecule has 124 valence electrons. The first-order valence-electron chi connectivity index (χ1n) is 7.99. The topological polar surface area (TPSA) is 72.7 Å². The van der Waals surface area contributed by atoms with E-state index in [9.17, 15) is 10.2 Å². The molecule has 3 atom stereocenters. The van der Waals surface area contributed by atoms with Crippen molar-refractivity contribution in [1.82, 2.24) is 5.32 Å². The van der Waals surface area contributed by atoms with Crippen LogP contribution in [0.4, 0.5) is 0 Å². The second kappa shape index (κ2) is 9.43. The van der Waals surface area contributed by atoms with E-state index in [1.807, 2.05) is 60.7 Å². The Labute approximate surface area is 137 Å². The SMILES string of the molecule is OCCC(CO)CNC(c1ccccc1)C(O)c1ccccc1. The van der Waals surface area contributed by atoms with Gasteiger partial charge < -0.3 is 20.6 Å². The van der Waals surface area contributed by atoms with E-state index in [0.717, 1.165) is 11.1 Å². The minimum atomic E-state index is -0.688. The van der Waals surface area contributed by atoms with Gasteiger partial charge in [0.2, 0.25) is 0 Å². The highest BCUT2D eigenvalue weighted by Gasteiger charge is 2.23. The maximum absolute atomic E-state index is 10.8. The fraction of sp³-hybridized carbons (Fsp3) is 0.368. The summed E-state index contributed by atoms with van der Waals surface area (Å²) < 4.78 is 0.